The van der Waals surface area contributed by atoms with E-state index in [1.54, 1.807) is 48.6 Å². The van der Waals surface area contributed by atoms with E-state index in [0.717, 1.165) is 19.3 Å². The number of ether oxygens (including phenoxy) is 1. The van der Waals surface area contributed by atoms with Crippen molar-refractivity contribution in [1.29, 1.82) is 0 Å². The molecule has 0 aromatic carbocycles. The second-order valence-electron chi connectivity index (χ2n) is 7.43. The largest absolute Gasteiger partial charge is 0.463 e. The summed E-state index contributed by atoms with van der Waals surface area (Å²) < 4.78 is 4.81. The highest BCUT2D eigenvalue weighted by Gasteiger charge is 2.08. The van der Waals surface area contributed by atoms with Gasteiger partial charge in [-0.3, -0.25) is 4.79 Å². The molecule has 0 fully saturated rings. The maximum absolute atomic E-state index is 11.4. The van der Waals surface area contributed by atoms with Gasteiger partial charge in [0.1, 0.15) is 12.7 Å². The van der Waals surface area contributed by atoms with Gasteiger partial charge in [0.2, 0.25) is 0 Å². The summed E-state index contributed by atoms with van der Waals surface area (Å²) in [5, 5.41) is 47.3. The Balaban J connectivity index is 3.90. The number of hydrogen-bond donors (Lipinski definition) is 5. The predicted molar refractivity (Wildman–Crippen MR) is 126 cm³/mol. The van der Waals surface area contributed by atoms with Crippen LogP contribution in [0.4, 0.5) is 0 Å². The molecule has 0 aromatic heterocycles. The minimum absolute atomic E-state index is 0.198. The van der Waals surface area contributed by atoms with Crippen LogP contribution in [0.1, 0.15) is 51.9 Å². The van der Waals surface area contributed by atoms with Gasteiger partial charge in [-0.1, -0.05) is 80.5 Å². The van der Waals surface area contributed by atoms with Gasteiger partial charge in [-0.25, -0.2) is 0 Å². The molecule has 0 aliphatic carbocycles. The minimum atomic E-state index is -1.04. The molecular formula is C25H40O7. The SMILES string of the molecule is CCC=CC=CC(O)CC(O)C=CC=CC=CC(O)CCCCCC(=O)OCC(O)CO. The number of unbranched alkanes of at least 4 members (excludes halogenated alkanes) is 2. The van der Waals surface area contributed by atoms with E-state index in [4.69, 9.17) is 14.9 Å². The molecule has 0 radical (unpaired) electrons. The molecule has 0 spiro atoms. The van der Waals surface area contributed by atoms with Crippen LogP contribution in [0.5, 0.6) is 0 Å². The van der Waals surface area contributed by atoms with E-state index in [0.29, 0.717) is 12.8 Å². The molecule has 0 amide bonds. The topological polar surface area (TPSA) is 127 Å². The van der Waals surface area contributed by atoms with E-state index in [1.807, 2.05) is 19.1 Å². The average molecular weight is 453 g/mol. The first-order chi connectivity index (χ1) is 15.4. The highest BCUT2D eigenvalue weighted by Crippen LogP contribution is 2.08. The number of aliphatic hydroxyl groups is 5. The molecule has 0 bridgehead atoms. The summed E-state index contributed by atoms with van der Waals surface area (Å²) in [6.07, 6.45) is 18.5. The Kier molecular flexibility index (Phi) is 19.5. The van der Waals surface area contributed by atoms with Crippen LogP contribution in [-0.4, -0.2) is 69.1 Å². The fourth-order valence-corrected chi connectivity index (χ4v) is 2.53. The fraction of sp³-hybridized carbons (Fsp3) is 0.560. The summed E-state index contributed by atoms with van der Waals surface area (Å²) in [6, 6.07) is 0. The normalized spacial score (nSPS) is 16.6. The number of aliphatic hydroxyl groups excluding tert-OH is 5. The molecule has 0 aliphatic heterocycles. The Morgan fingerprint density at radius 3 is 2.00 bits per heavy atom. The Hall–Kier alpha value is -2.03. The third kappa shape index (κ3) is 19.9. The van der Waals surface area contributed by atoms with Gasteiger partial charge in [-0.15, -0.1) is 0 Å². The lowest BCUT2D eigenvalue weighted by Gasteiger charge is -2.08. The number of carbonyl (C=O) groups is 1. The molecular weight excluding hydrogens is 412 g/mol. The van der Waals surface area contributed by atoms with Gasteiger partial charge in [-0.2, -0.15) is 0 Å². The Bertz CT molecular complexity index is 607. The third-order valence-corrected chi connectivity index (χ3v) is 4.33. The van der Waals surface area contributed by atoms with Crippen LogP contribution in [0.15, 0.2) is 60.8 Å². The van der Waals surface area contributed by atoms with E-state index in [9.17, 15) is 20.1 Å². The van der Waals surface area contributed by atoms with Gasteiger partial charge < -0.3 is 30.3 Å². The van der Waals surface area contributed by atoms with Crippen molar-refractivity contribution in [3.63, 3.8) is 0 Å². The van der Waals surface area contributed by atoms with E-state index < -0.39 is 37.0 Å². The fourth-order valence-electron chi connectivity index (χ4n) is 2.53. The quantitative estimate of drug-likeness (QED) is 0.123. The van der Waals surface area contributed by atoms with Crippen molar-refractivity contribution in [2.75, 3.05) is 13.2 Å². The molecule has 4 unspecified atom stereocenters. The van der Waals surface area contributed by atoms with Crippen LogP contribution >= 0.6 is 0 Å². The lowest BCUT2D eigenvalue weighted by molar-refractivity contribution is -0.147. The summed E-state index contributed by atoms with van der Waals surface area (Å²) in [7, 11) is 0. The lowest BCUT2D eigenvalue weighted by atomic mass is 10.1. The first kappa shape index (κ1) is 30.0. The molecule has 0 aliphatic rings. The molecule has 0 heterocycles. The average Bonchev–Trinajstić information content (AvgIpc) is 2.77. The summed E-state index contributed by atoms with van der Waals surface area (Å²) >= 11 is 0. The van der Waals surface area contributed by atoms with Crippen LogP contribution in [-0.2, 0) is 9.53 Å². The summed E-state index contributed by atoms with van der Waals surface area (Å²) in [4.78, 5) is 11.4. The molecule has 0 rings (SSSR count). The van der Waals surface area contributed by atoms with Gasteiger partial charge in [-0.05, 0) is 19.3 Å². The molecule has 182 valence electrons. The van der Waals surface area contributed by atoms with Crippen molar-refractivity contribution < 1.29 is 35.1 Å². The molecule has 7 nitrogen and oxygen atoms in total. The maximum atomic E-state index is 11.4. The van der Waals surface area contributed by atoms with Crippen LogP contribution < -0.4 is 0 Å². The van der Waals surface area contributed by atoms with Crippen molar-refractivity contribution in [2.45, 2.75) is 76.3 Å². The zero-order valence-electron chi connectivity index (χ0n) is 19.0. The van der Waals surface area contributed by atoms with Gasteiger partial charge in [0, 0.05) is 12.8 Å². The van der Waals surface area contributed by atoms with Crippen LogP contribution in [0.2, 0.25) is 0 Å². The van der Waals surface area contributed by atoms with Crippen molar-refractivity contribution in [1.82, 2.24) is 0 Å². The van der Waals surface area contributed by atoms with E-state index in [1.165, 1.54) is 0 Å². The molecule has 0 saturated carbocycles. The van der Waals surface area contributed by atoms with Crippen molar-refractivity contribution in [3.8, 4) is 0 Å². The minimum Gasteiger partial charge on any atom is -0.463 e. The van der Waals surface area contributed by atoms with E-state index in [2.05, 4.69) is 0 Å². The highest BCUT2D eigenvalue weighted by atomic mass is 16.5. The summed E-state index contributed by atoms with van der Waals surface area (Å²) in [5.74, 6) is -0.406. The van der Waals surface area contributed by atoms with Gasteiger partial charge in [0.25, 0.3) is 0 Å². The van der Waals surface area contributed by atoms with Crippen molar-refractivity contribution in [2.24, 2.45) is 0 Å². The number of hydrogen-bond acceptors (Lipinski definition) is 7. The lowest BCUT2D eigenvalue weighted by Crippen LogP contribution is -2.21. The highest BCUT2D eigenvalue weighted by molar-refractivity contribution is 5.69. The second kappa shape index (κ2) is 20.8. The Labute approximate surface area is 191 Å². The Morgan fingerprint density at radius 2 is 1.41 bits per heavy atom. The van der Waals surface area contributed by atoms with Crippen LogP contribution in [0.25, 0.3) is 0 Å². The van der Waals surface area contributed by atoms with Gasteiger partial charge >= 0.3 is 5.97 Å². The molecule has 0 saturated heterocycles. The second-order valence-corrected chi connectivity index (χ2v) is 7.43. The first-order valence-electron chi connectivity index (χ1n) is 11.2. The van der Waals surface area contributed by atoms with Gasteiger partial charge in [0.15, 0.2) is 0 Å². The molecule has 32 heavy (non-hydrogen) atoms. The van der Waals surface area contributed by atoms with Crippen LogP contribution in [0.3, 0.4) is 0 Å². The monoisotopic (exact) mass is 452 g/mol. The molecule has 0 aromatic rings. The predicted octanol–water partition coefficient (Wildman–Crippen LogP) is 2.50. The number of esters is 1. The van der Waals surface area contributed by atoms with E-state index >= 15 is 0 Å². The zero-order chi connectivity index (χ0) is 24.0. The zero-order valence-corrected chi connectivity index (χ0v) is 19.0. The van der Waals surface area contributed by atoms with Crippen molar-refractivity contribution in [3.05, 3.63) is 60.8 Å². The molecule has 5 N–H and O–H groups in total. The van der Waals surface area contributed by atoms with Gasteiger partial charge in [0.05, 0.1) is 24.9 Å². The molecule has 4 atom stereocenters. The number of carbonyl (C=O) groups excluding carboxylic acids is 1. The summed E-state index contributed by atoms with van der Waals surface area (Å²) in [6.45, 7) is 1.39. The maximum Gasteiger partial charge on any atom is 0.305 e. The van der Waals surface area contributed by atoms with Crippen molar-refractivity contribution >= 4 is 5.97 Å². The standard InChI is InChI=1S/C25H40O7/c1-2-3-4-8-15-22(28)18-23(29)16-10-6-5-9-13-21(27)14-11-7-12-17-25(31)32-20-24(30)19-26/h3-6,8-10,13,15-16,21-24,26-30H,2,7,11-12,14,17-20H2,1H3. The van der Waals surface area contributed by atoms with Crippen LogP contribution in [0, 0.1) is 0 Å². The first-order valence-corrected chi connectivity index (χ1v) is 11.2. The Morgan fingerprint density at radius 1 is 0.812 bits per heavy atom. The summed E-state index contributed by atoms with van der Waals surface area (Å²) in [5.41, 5.74) is 0. The number of allylic oxidation sites excluding steroid dienone is 7. The number of rotatable bonds is 18. The third-order valence-electron chi connectivity index (χ3n) is 4.33. The smallest absolute Gasteiger partial charge is 0.305 e. The van der Waals surface area contributed by atoms with E-state index in [-0.39, 0.29) is 19.4 Å². The molecule has 7 heteroatoms.